The lowest BCUT2D eigenvalue weighted by Crippen LogP contribution is -1.93. The van der Waals surface area contributed by atoms with E-state index in [0.29, 0.717) is 0 Å². The first kappa shape index (κ1) is 17.6. The molecule has 4 heteroatoms. The minimum atomic E-state index is 0.857. The lowest BCUT2D eigenvalue weighted by Gasteiger charge is -2.09. The Morgan fingerprint density at radius 1 is 1.10 bits per heavy atom. The van der Waals surface area contributed by atoms with E-state index < -0.39 is 0 Å². The summed E-state index contributed by atoms with van der Waals surface area (Å²) >= 11 is 0. The second kappa shape index (κ2) is 7.47. The first-order chi connectivity index (χ1) is 14.3. The standard InChI is InChI=1S/C25H22N4/c1-17-6-4-11-24(28-17)25-22(16-27-29-25)19-9-5-10-20-14-21(18-7-2-3-8-18)15-26-23(20)13-12-19/h4-7,9-16H,2-3,8H2,1H3,(H,27,29)/b9-5?,10-5+,13-12-,19-9-,19-12?,20-10?,23-13?. The molecule has 0 saturated heterocycles. The van der Waals surface area contributed by atoms with Gasteiger partial charge in [-0.2, -0.15) is 5.10 Å². The number of hydrogen-bond acceptors (Lipinski definition) is 3. The van der Waals surface area contributed by atoms with Crippen molar-refractivity contribution in [2.45, 2.75) is 26.2 Å². The van der Waals surface area contributed by atoms with E-state index in [1.807, 2.05) is 37.5 Å². The summed E-state index contributed by atoms with van der Waals surface area (Å²) in [6, 6.07) is 8.24. The van der Waals surface area contributed by atoms with Crippen molar-refractivity contribution in [2.24, 2.45) is 0 Å². The summed E-state index contributed by atoms with van der Waals surface area (Å²) in [6.45, 7) is 1.99. The molecular formula is C25H22N4. The van der Waals surface area contributed by atoms with Crippen LogP contribution in [0.15, 0.2) is 61.0 Å². The van der Waals surface area contributed by atoms with Gasteiger partial charge in [0.1, 0.15) is 5.69 Å². The van der Waals surface area contributed by atoms with Crippen LogP contribution >= 0.6 is 0 Å². The van der Waals surface area contributed by atoms with Crippen molar-refractivity contribution in [3.8, 4) is 11.4 Å². The highest BCUT2D eigenvalue weighted by atomic mass is 15.1. The molecule has 0 bridgehead atoms. The van der Waals surface area contributed by atoms with Gasteiger partial charge in [-0.15, -0.1) is 0 Å². The maximum Gasteiger partial charge on any atom is 0.118 e. The number of nitrogens with zero attached hydrogens (tertiary/aromatic N) is 3. The summed E-state index contributed by atoms with van der Waals surface area (Å²) in [5.41, 5.74) is 9.59. The Labute approximate surface area is 170 Å². The summed E-state index contributed by atoms with van der Waals surface area (Å²) in [6.07, 6.45) is 20.4. The van der Waals surface area contributed by atoms with E-state index >= 15 is 0 Å². The Bertz CT molecular complexity index is 1190. The van der Waals surface area contributed by atoms with Crippen molar-refractivity contribution in [1.82, 2.24) is 20.2 Å². The molecule has 0 fully saturated rings. The summed E-state index contributed by atoms with van der Waals surface area (Å²) in [5, 5.41) is 7.45. The fourth-order valence-corrected chi connectivity index (χ4v) is 3.91. The van der Waals surface area contributed by atoms with Crippen LogP contribution in [-0.4, -0.2) is 20.2 Å². The van der Waals surface area contributed by atoms with Crippen molar-refractivity contribution >= 4 is 23.3 Å². The zero-order valence-corrected chi connectivity index (χ0v) is 16.4. The van der Waals surface area contributed by atoms with Crippen molar-refractivity contribution in [3.63, 3.8) is 0 Å². The highest BCUT2D eigenvalue weighted by molar-refractivity contribution is 5.88. The molecule has 3 aromatic rings. The molecule has 29 heavy (non-hydrogen) atoms. The predicted molar refractivity (Wildman–Crippen MR) is 119 cm³/mol. The van der Waals surface area contributed by atoms with Crippen molar-refractivity contribution < 1.29 is 0 Å². The number of rotatable bonds is 3. The lowest BCUT2D eigenvalue weighted by molar-refractivity contribution is 0.935. The number of nitrogens with one attached hydrogen (secondary N) is 1. The van der Waals surface area contributed by atoms with E-state index in [9.17, 15) is 0 Å². The van der Waals surface area contributed by atoms with Gasteiger partial charge in [0.15, 0.2) is 0 Å². The van der Waals surface area contributed by atoms with E-state index in [1.54, 1.807) is 0 Å². The lowest BCUT2D eigenvalue weighted by atomic mass is 9.99. The van der Waals surface area contributed by atoms with Crippen LogP contribution in [-0.2, 0) is 0 Å². The van der Waals surface area contributed by atoms with E-state index in [-0.39, 0.29) is 0 Å². The minimum absolute atomic E-state index is 0.857. The molecule has 4 nitrogen and oxygen atoms in total. The molecule has 2 aliphatic rings. The van der Waals surface area contributed by atoms with E-state index in [1.165, 1.54) is 24.0 Å². The van der Waals surface area contributed by atoms with Gasteiger partial charge in [0.25, 0.3) is 0 Å². The van der Waals surface area contributed by atoms with Crippen LogP contribution in [0.1, 0.15) is 47.3 Å². The number of aryl methyl sites for hydroxylation is 1. The number of fused-ring (bicyclic) bond motifs is 1. The number of aromatic amines is 1. The largest absolute Gasteiger partial charge is 0.284 e. The third kappa shape index (κ3) is 3.49. The summed E-state index contributed by atoms with van der Waals surface area (Å²) in [4.78, 5) is 9.36. The molecule has 0 spiro atoms. The van der Waals surface area contributed by atoms with Crippen LogP contribution in [0.25, 0.3) is 34.7 Å². The van der Waals surface area contributed by atoms with E-state index in [4.69, 9.17) is 4.98 Å². The van der Waals surface area contributed by atoms with Gasteiger partial charge in [-0.1, -0.05) is 36.4 Å². The zero-order valence-electron chi connectivity index (χ0n) is 16.4. The molecule has 0 aliphatic heterocycles. The van der Waals surface area contributed by atoms with Gasteiger partial charge < -0.3 is 0 Å². The smallest absolute Gasteiger partial charge is 0.118 e. The monoisotopic (exact) mass is 378 g/mol. The van der Waals surface area contributed by atoms with Crippen molar-refractivity contribution in [1.29, 1.82) is 0 Å². The predicted octanol–water partition coefficient (Wildman–Crippen LogP) is 5.87. The zero-order chi connectivity index (χ0) is 19.6. The molecule has 2 aliphatic carbocycles. The summed E-state index contributed by atoms with van der Waals surface area (Å²) in [5.74, 6) is 0. The number of H-pyrrole nitrogens is 1. The maximum atomic E-state index is 4.73. The van der Waals surface area contributed by atoms with Crippen LogP contribution in [0.3, 0.4) is 0 Å². The SMILES string of the molecule is Cc1cccc(-c2n[nH]cc2C2=C\C=C\c3cc(C4=CCCC4)cnc3/C=C\2)n1. The fraction of sp³-hybridized carbons (Fsp3) is 0.160. The minimum Gasteiger partial charge on any atom is -0.284 e. The first-order valence-electron chi connectivity index (χ1n) is 10.0. The van der Waals surface area contributed by atoms with Gasteiger partial charge in [0.05, 0.1) is 11.4 Å². The van der Waals surface area contributed by atoms with Crippen LogP contribution < -0.4 is 0 Å². The van der Waals surface area contributed by atoms with Gasteiger partial charge in [-0.05, 0) is 67.2 Å². The number of allylic oxidation sites excluding steroid dienone is 6. The molecule has 0 amide bonds. The van der Waals surface area contributed by atoms with Crippen LogP contribution in [0.5, 0.6) is 0 Å². The molecule has 0 atom stereocenters. The molecule has 0 radical (unpaired) electrons. The Hall–Kier alpha value is -3.53. The van der Waals surface area contributed by atoms with Crippen molar-refractivity contribution in [2.75, 3.05) is 0 Å². The average molecular weight is 378 g/mol. The number of hydrogen-bond donors (Lipinski definition) is 1. The van der Waals surface area contributed by atoms with E-state index in [0.717, 1.165) is 45.9 Å². The van der Waals surface area contributed by atoms with Gasteiger partial charge in [-0.25, -0.2) is 0 Å². The Balaban J connectivity index is 1.50. The highest BCUT2D eigenvalue weighted by Gasteiger charge is 2.14. The van der Waals surface area contributed by atoms with Crippen LogP contribution in [0.2, 0.25) is 0 Å². The average Bonchev–Trinajstić information content (AvgIpc) is 3.41. The van der Waals surface area contributed by atoms with Crippen LogP contribution in [0, 0.1) is 6.92 Å². The van der Waals surface area contributed by atoms with Crippen molar-refractivity contribution in [3.05, 3.63) is 89.0 Å². The molecule has 0 aromatic carbocycles. The number of aromatic nitrogens is 4. The third-order valence-electron chi connectivity index (χ3n) is 5.42. The second-order valence-electron chi connectivity index (χ2n) is 7.45. The second-order valence-corrected chi connectivity index (χ2v) is 7.45. The summed E-state index contributed by atoms with van der Waals surface area (Å²) < 4.78 is 0. The van der Waals surface area contributed by atoms with Crippen LogP contribution in [0.4, 0.5) is 0 Å². The third-order valence-corrected chi connectivity index (χ3v) is 5.42. The molecule has 142 valence electrons. The quantitative estimate of drug-likeness (QED) is 0.620. The molecular weight excluding hydrogens is 356 g/mol. The Kier molecular flexibility index (Phi) is 4.53. The van der Waals surface area contributed by atoms with Gasteiger partial charge in [-0.3, -0.25) is 15.1 Å². The molecule has 5 rings (SSSR count). The molecule has 0 unspecified atom stereocenters. The Morgan fingerprint density at radius 3 is 2.93 bits per heavy atom. The molecule has 3 heterocycles. The molecule has 0 saturated carbocycles. The van der Waals surface area contributed by atoms with Gasteiger partial charge in [0, 0.05) is 29.2 Å². The van der Waals surface area contributed by atoms with Gasteiger partial charge >= 0.3 is 0 Å². The Morgan fingerprint density at radius 2 is 2.07 bits per heavy atom. The normalized spacial score (nSPS) is 19.5. The highest BCUT2D eigenvalue weighted by Crippen LogP contribution is 2.31. The van der Waals surface area contributed by atoms with E-state index in [2.05, 4.69) is 57.7 Å². The number of pyridine rings is 2. The van der Waals surface area contributed by atoms with Gasteiger partial charge in [0.2, 0.25) is 0 Å². The summed E-state index contributed by atoms with van der Waals surface area (Å²) in [7, 11) is 0. The first-order valence-corrected chi connectivity index (χ1v) is 10.0. The maximum absolute atomic E-state index is 4.73. The molecule has 3 aromatic heterocycles. The topological polar surface area (TPSA) is 54.5 Å². The fourth-order valence-electron chi connectivity index (χ4n) is 3.91. The molecule has 1 N–H and O–H groups in total.